The maximum absolute atomic E-state index is 13.5. The number of aryl methyl sites for hydroxylation is 2. The number of rotatable bonds is 4. The molecule has 12 heteroatoms. The van der Waals surface area contributed by atoms with Crippen LogP contribution in [0, 0.1) is 13.8 Å². The molecule has 10 nitrogen and oxygen atoms in total. The average Bonchev–Trinajstić information content (AvgIpc) is 3.57. The van der Waals surface area contributed by atoms with Crippen LogP contribution in [0.4, 0.5) is 0 Å². The first kappa shape index (κ1) is 25.6. The lowest BCUT2D eigenvalue weighted by Gasteiger charge is -2.44. The number of nitrogens with zero attached hydrogens (tertiary/aromatic N) is 4. The van der Waals surface area contributed by atoms with Gasteiger partial charge in [-0.05, 0) is 53.6 Å². The molecular weight excluding hydrogens is 535 g/mol. The molecule has 0 radical (unpaired) electrons. The summed E-state index contributed by atoms with van der Waals surface area (Å²) in [6.45, 7) is 3.54. The predicted octanol–water partition coefficient (Wildman–Crippen LogP) is 4.35. The van der Waals surface area contributed by atoms with Gasteiger partial charge in [0.25, 0.3) is 0 Å². The smallest absolute Gasteiger partial charge is 0.419 e. The van der Waals surface area contributed by atoms with Gasteiger partial charge in [0.1, 0.15) is 22.9 Å². The van der Waals surface area contributed by atoms with E-state index in [0.29, 0.717) is 69.8 Å². The average molecular weight is 563 g/mol. The highest BCUT2D eigenvalue weighted by atomic mass is 35.5. The van der Waals surface area contributed by atoms with Crippen molar-refractivity contribution in [3.63, 3.8) is 0 Å². The van der Waals surface area contributed by atoms with Crippen LogP contribution in [-0.2, 0) is 19.1 Å². The summed E-state index contributed by atoms with van der Waals surface area (Å²) >= 11 is 13.4. The van der Waals surface area contributed by atoms with Crippen LogP contribution < -0.4 is 0 Å². The van der Waals surface area contributed by atoms with Crippen molar-refractivity contribution in [2.75, 3.05) is 14.1 Å². The molecule has 2 aromatic rings. The van der Waals surface area contributed by atoms with E-state index in [1.165, 1.54) is 0 Å². The van der Waals surface area contributed by atoms with Gasteiger partial charge in [0.15, 0.2) is 11.4 Å². The van der Waals surface area contributed by atoms with Crippen LogP contribution in [-0.4, -0.2) is 69.7 Å². The number of esters is 2. The number of aromatic nitrogens is 2. The third kappa shape index (κ3) is 3.68. The molecule has 4 aliphatic rings. The summed E-state index contributed by atoms with van der Waals surface area (Å²) in [6.07, 6.45) is 3.54. The predicted molar refractivity (Wildman–Crippen MR) is 136 cm³/mol. The van der Waals surface area contributed by atoms with Crippen LogP contribution in [0.15, 0.2) is 31.2 Å². The lowest BCUT2D eigenvalue weighted by atomic mass is 9.93. The molecule has 0 aromatic carbocycles. The van der Waals surface area contributed by atoms with Gasteiger partial charge in [-0.2, -0.15) is 0 Å². The van der Waals surface area contributed by atoms with Gasteiger partial charge in [0.05, 0.1) is 11.1 Å². The molecule has 4 atom stereocenters. The van der Waals surface area contributed by atoms with Gasteiger partial charge in [-0.25, -0.2) is 9.59 Å². The zero-order chi connectivity index (χ0) is 27.0. The Labute approximate surface area is 229 Å². The first-order valence-corrected chi connectivity index (χ1v) is 13.4. The normalized spacial score (nSPS) is 31.3. The van der Waals surface area contributed by atoms with Crippen molar-refractivity contribution in [3.05, 3.63) is 45.1 Å². The van der Waals surface area contributed by atoms with Crippen molar-refractivity contribution in [2.45, 2.75) is 75.9 Å². The van der Waals surface area contributed by atoms with Gasteiger partial charge >= 0.3 is 11.9 Å². The highest BCUT2D eigenvalue weighted by molar-refractivity contribution is 6.34. The van der Waals surface area contributed by atoms with Crippen molar-refractivity contribution in [2.24, 2.45) is 0 Å². The van der Waals surface area contributed by atoms with E-state index in [-0.39, 0.29) is 12.1 Å². The van der Waals surface area contributed by atoms with Crippen LogP contribution >= 0.6 is 23.2 Å². The molecule has 2 saturated heterocycles. The second kappa shape index (κ2) is 8.94. The largest absolute Gasteiger partial charge is 0.431 e. The van der Waals surface area contributed by atoms with Crippen molar-refractivity contribution >= 4 is 46.3 Å². The van der Waals surface area contributed by atoms with E-state index in [4.69, 9.17) is 41.7 Å². The Kier molecular flexibility index (Phi) is 6.03. The monoisotopic (exact) mass is 562 g/mol. The molecule has 2 fully saturated rings. The first-order chi connectivity index (χ1) is 18.1. The molecule has 0 aliphatic carbocycles. The third-order valence-electron chi connectivity index (χ3n) is 8.48. The highest BCUT2D eigenvalue weighted by Gasteiger charge is 2.59. The zero-order valence-corrected chi connectivity index (χ0v) is 23.1. The van der Waals surface area contributed by atoms with Gasteiger partial charge in [-0.1, -0.05) is 33.5 Å². The maximum atomic E-state index is 13.5. The summed E-state index contributed by atoms with van der Waals surface area (Å²) < 4.78 is 22.6. The molecule has 202 valence electrons. The fraction of sp³-hybridized carbons (Fsp3) is 0.538. The first-order valence-electron chi connectivity index (χ1n) is 12.6. The van der Waals surface area contributed by atoms with Crippen LogP contribution in [0.3, 0.4) is 0 Å². The molecule has 38 heavy (non-hydrogen) atoms. The van der Waals surface area contributed by atoms with Crippen LogP contribution in [0.25, 0.3) is 11.1 Å². The highest BCUT2D eigenvalue weighted by Crippen LogP contribution is 2.53. The molecule has 6 rings (SSSR count). The number of hydrogen-bond acceptors (Lipinski definition) is 10. The Morgan fingerprint density at radius 1 is 0.842 bits per heavy atom. The van der Waals surface area contributed by atoms with Crippen LogP contribution in [0.2, 0.25) is 0 Å². The van der Waals surface area contributed by atoms with Gasteiger partial charge in [-0.3, -0.25) is 9.80 Å². The quantitative estimate of drug-likeness (QED) is 0.393. The van der Waals surface area contributed by atoms with Crippen molar-refractivity contribution in [1.29, 1.82) is 0 Å². The van der Waals surface area contributed by atoms with Gasteiger partial charge in [0.2, 0.25) is 0 Å². The topological polar surface area (TPSA) is 111 Å². The molecule has 0 N–H and O–H groups in total. The second-order valence-electron chi connectivity index (χ2n) is 10.6. The minimum Gasteiger partial charge on any atom is -0.431 e. The standard InChI is InChI=1S/C26H28Cl2N4O6/c1-13-9-19(29-37-13)21-17(27)11-15-5-7-25(21,31(15)3)35-23(33)24(34)36-26-8-6-16(32(26)4)12-18(28)22(26)20-10-14(2)38-30-20/h9-10,15-16H,5-8,11-12H2,1-4H3. The summed E-state index contributed by atoms with van der Waals surface area (Å²) in [4.78, 5) is 30.8. The Hall–Kier alpha value is -2.66. The Morgan fingerprint density at radius 2 is 1.24 bits per heavy atom. The molecular formula is C26H28Cl2N4O6. The molecule has 2 aromatic heterocycles. The summed E-state index contributed by atoms with van der Waals surface area (Å²) in [5, 5.41) is 9.32. The number of ether oxygens (including phenoxy) is 2. The molecule has 0 saturated carbocycles. The van der Waals surface area contributed by atoms with E-state index < -0.39 is 23.4 Å². The number of fused-ring (bicyclic) bond motifs is 4. The zero-order valence-electron chi connectivity index (χ0n) is 21.5. The number of halogens is 2. The van der Waals surface area contributed by atoms with E-state index >= 15 is 0 Å². The Morgan fingerprint density at radius 3 is 1.58 bits per heavy atom. The second-order valence-corrected chi connectivity index (χ2v) is 11.5. The van der Waals surface area contributed by atoms with E-state index in [2.05, 4.69) is 10.3 Å². The summed E-state index contributed by atoms with van der Waals surface area (Å²) in [7, 11) is 3.71. The van der Waals surface area contributed by atoms with E-state index in [1.807, 2.05) is 23.9 Å². The van der Waals surface area contributed by atoms with E-state index in [0.717, 1.165) is 12.8 Å². The molecule has 0 amide bonds. The Balaban J connectivity index is 1.32. The lowest BCUT2D eigenvalue weighted by Crippen LogP contribution is -2.55. The van der Waals surface area contributed by atoms with Crippen LogP contribution in [0.5, 0.6) is 0 Å². The van der Waals surface area contributed by atoms with E-state index in [1.54, 1.807) is 26.0 Å². The van der Waals surface area contributed by atoms with Gasteiger partial charge in [0, 0.05) is 47.1 Å². The van der Waals surface area contributed by atoms with Gasteiger partial charge < -0.3 is 18.5 Å². The fourth-order valence-corrected chi connectivity index (χ4v) is 7.41. The van der Waals surface area contributed by atoms with Crippen LogP contribution in [0.1, 0.15) is 61.4 Å². The number of hydrogen-bond donors (Lipinski definition) is 0. The number of carbonyl (C=O) groups excluding carboxylic acids is 2. The SMILES string of the molecule is Cc1cc(C2=C(Cl)CC3CCC2(OC(=O)C(=O)OC24CCC(CC(Cl)=C2c2cc(C)on2)N4C)N3C)no1. The lowest BCUT2D eigenvalue weighted by molar-refractivity contribution is -0.193. The summed E-state index contributed by atoms with van der Waals surface area (Å²) in [5.41, 5.74) is -0.527. The molecule has 4 aliphatic heterocycles. The molecule has 6 heterocycles. The number of carbonyl (C=O) groups is 2. The number of likely N-dealkylation sites (N-methyl/N-ethyl adjacent to an activating group) is 2. The summed E-state index contributed by atoms with van der Waals surface area (Å²) in [5.74, 6) is -1.05. The minimum atomic E-state index is -1.27. The summed E-state index contributed by atoms with van der Waals surface area (Å²) in [6, 6.07) is 3.60. The van der Waals surface area contributed by atoms with E-state index in [9.17, 15) is 9.59 Å². The van der Waals surface area contributed by atoms with Crippen molar-refractivity contribution in [1.82, 2.24) is 20.1 Å². The third-order valence-corrected chi connectivity index (χ3v) is 9.17. The molecule has 0 spiro atoms. The molecule has 4 bridgehead atoms. The van der Waals surface area contributed by atoms with Crippen molar-refractivity contribution in [3.8, 4) is 0 Å². The van der Waals surface area contributed by atoms with Crippen molar-refractivity contribution < 1.29 is 28.1 Å². The fourth-order valence-electron chi connectivity index (χ4n) is 6.56. The molecule has 4 unspecified atom stereocenters. The minimum absolute atomic E-state index is 0.0606. The maximum Gasteiger partial charge on any atom is 0.419 e. The van der Waals surface area contributed by atoms with Gasteiger partial charge in [-0.15, -0.1) is 0 Å². The Bertz CT molecular complexity index is 1290.